The minimum atomic E-state index is -4.26. The second-order valence-corrected chi connectivity index (χ2v) is 3.04. The van der Waals surface area contributed by atoms with E-state index < -0.39 is 7.75 Å². The van der Waals surface area contributed by atoms with Gasteiger partial charge < -0.3 is 9.79 Å². The number of hydrogen-bond acceptors (Lipinski definition) is 3. The molecule has 6 nitrogen and oxygen atoms in total. The molecular formula is C4H6N3O3P. The Labute approximate surface area is 62.5 Å². The average molecular weight is 175 g/mol. The Morgan fingerprint density at radius 1 is 1.36 bits per heavy atom. The van der Waals surface area contributed by atoms with E-state index in [0.29, 0.717) is 0 Å². The standard InChI is InChI=1S/C4H6N3O3P/c8-11(9,10)7-4-5-2-1-3-6-4/h1-3H,(H3,5,6,7,8,9,10). The van der Waals surface area contributed by atoms with Crippen molar-refractivity contribution >= 4 is 13.7 Å². The number of rotatable bonds is 2. The molecule has 0 aliphatic heterocycles. The highest BCUT2D eigenvalue weighted by Crippen LogP contribution is 2.32. The lowest BCUT2D eigenvalue weighted by atomic mass is 10.7. The molecule has 7 heteroatoms. The highest BCUT2D eigenvalue weighted by Gasteiger charge is 2.12. The molecule has 0 spiro atoms. The van der Waals surface area contributed by atoms with Gasteiger partial charge in [0.05, 0.1) is 0 Å². The van der Waals surface area contributed by atoms with Crippen LogP contribution in [0.2, 0.25) is 0 Å². The number of hydrogen-bond donors (Lipinski definition) is 3. The van der Waals surface area contributed by atoms with Crippen molar-refractivity contribution in [2.45, 2.75) is 0 Å². The maximum Gasteiger partial charge on any atom is 0.429 e. The second kappa shape index (κ2) is 2.96. The fourth-order valence-electron chi connectivity index (χ4n) is 0.487. The van der Waals surface area contributed by atoms with Crippen LogP contribution in [0.4, 0.5) is 5.95 Å². The third kappa shape index (κ3) is 3.08. The lowest BCUT2D eigenvalue weighted by Gasteiger charge is -2.03. The van der Waals surface area contributed by atoms with Crippen LogP contribution in [0.3, 0.4) is 0 Å². The van der Waals surface area contributed by atoms with Gasteiger partial charge in [0.1, 0.15) is 0 Å². The maximum absolute atomic E-state index is 10.3. The summed E-state index contributed by atoms with van der Waals surface area (Å²) in [5.74, 6) is -0.0826. The molecule has 3 N–H and O–H groups in total. The van der Waals surface area contributed by atoms with Crippen molar-refractivity contribution in [2.75, 3.05) is 5.09 Å². The Hall–Kier alpha value is -0.970. The van der Waals surface area contributed by atoms with Gasteiger partial charge >= 0.3 is 7.75 Å². The minimum absolute atomic E-state index is 0.0826. The maximum atomic E-state index is 10.3. The minimum Gasteiger partial charge on any atom is -0.308 e. The Morgan fingerprint density at radius 2 is 1.91 bits per heavy atom. The highest BCUT2D eigenvalue weighted by atomic mass is 31.2. The summed E-state index contributed by atoms with van der Waals surface area (Å²) >= 11 is 0. The van der Waals surface area contributed by atoms with E-state index in [2.05, 4.69) is 9.97 Å². The summed E-state index contributed by atoms with van der Waals surface area (Å²) < 4.78 is 10.3. The number of aromatic nitrogens is 2. The van der Waals surface area contributed by atoms with E-state index in [1.807, 2.05) is 5.09 Å². The first-order chi connectivity index (χ1) is 5.08. The fourth-order valence-corrected chi connectivity index (χ4v) is 0.863. The van der Waals surface area contributed by atoms with Gasteiger partial charge in [-0.2, -0.15) is 0 Å². The second-order valence-electron chi connectivity index (χ2n) is 1.73. The molecule has 0 fully saturated rings. The highest BCUT2D eigenvalue weighted by molar-refractivity contribution is 7.53. The Morgan fingerprint density at radius 3 is 2.36 bits per heavy atom. The van der Waals surface area contributed by atoms with E-state index in [0.717, 1.165) is 0 Å². The van der Waals surface area contributed by atoms with E-state index in [4.69, 9.17) is 9.79 Å². The van der Waals surface area contributed by atoms with Gasteiger partial charge in [-0.05, 0) is 6.07 Å². The molecule has 1 aromatic heterocycles. The zero-order valence-electron chi connectivity index (χ0n) is 5.38. The summed E-state index contributed by atoms with van der Waals surface area (Å²) in [5.41, 5.74) is 0. The van der Waals surface area contributed by atoms with Crippen LogP contribution in [0, 0.1) is 0 Å². The quantitative estimate of drug-likeness (QED) is 0.546. The van der Waals surface area contributed by atoms with E-state index in [9.17, 15) is 4.57 Å². The molecule has 0 amide bonds. The molecule has 0 aliphatic rings. The summed E-state index contributed by atoms with van der Waals surface area (Å²) in [6.07, 6.45) is 2.76. The molecule has 0 saturated heterocycles. The molecule has 0 atom stereocenters. The number of nitrogens with one attached hydrogen (secondary N) is 1. The summed E-state index contributed by atoms with van der Waals surface area (Å²) in [4.78, 5) is 23.9. The molecular weight excluding hydrogens is 169 g/mol. The van der Waals surface area contributed by atoms with Crippen LogP contribution in [0.25, 0.3) is 0 Å². The zero-order chi connectivity index (χ0) is 8.32. The van der Waals surface area contributed by atoms with Crippen molar-refractivity contribution in [3.05, 3.63) is 18.5 Å². The number of nitrogens with zero attached hydrogens (tertiary/aromatic N) is 2. The van der Waals surface area contributed by atoms with Crippen LogP contribution in [-0.4, -0.2) is 19.8 Å². The van der Waals surface area contributed by atoms with E-state index in [1.165, 1.54) is 12.4 Å². The molecule has 0 saturated carbocycles. The smallest absolute Gasteiger partial charge is 0.308 e. The van der Waals surface area contributed by atoms with E-state index in [-0.39, 0.29) is 5.95 Å². The van der Waals surface area contributed by atoms with Gasteiger partial charge in [-0.25, -0.2) is 14.5 Å². The van der Waals surface area contributed by atoms with Crippen LogP contribution in [0.5, 0.6) is 0 Å². The largest absolute Gasteiger partial charge is 0.429 e. The fraction of sp³-hybridized carbons (Fsp3) is 0. The zero-order valence-corrected chi connectivity index (χ0v) is 6.27. The lowest BCUT2D eigenvalue weighted by molar-refractivity contribution is 0.380. The van der Waals surface area contributed by atoms with Crippen LogP contribution in [-0.2, 0) is 4.57 Å². The molecule has 1 heterocycles. The van der Waals surface area contributed by atoms with Gasteiger partial charge in [0, 0.05) is 12.4 Å². The molecule has 60 valence electrons. The van der Waals surface area contributed by atoms with E-state index >= 15 is 0 Å². The first-order valence-electron chi connectivity index (χ1n) is 2.69. The molecule has 0 aliphatic carbocycles. The first kappa shape index (κ1) is 8.13. The first-order valence-corrected chi connectivity index (χ1v) is 4.30. The van der Waals surface area contributed by atoms with Crippen LogP contribution in [0.1, 0.15) is 0 Å². The summed E-state index contributed by atoms with van der Waals surface area (Å²) in [6.45, 7) is 0. The molecule has 0 bridgehead atoms. The van der Waals surface area contributed by atoms with Crippen LogP contribution >= 0.6 is 7.75 Å². The van der Waals surface area contributed by atoms with Gasteiger partial charge in [0.2, 0.25) is 5.95 Å². The summed E-state index contributed by atoms with van der Waals surface area (Å²) in [7, 11) is -4.26. The SMILES string of the molecule is O=P(O)(O)Nc1ncccn1. The summed E-state index contributed by atoms with van der Waals surface area (Å²) in [6, 6.07) is 1.55. The van der Waals surface area contributed by atoms with Gasteiger partial charge in [-0.3, -0.25) is 5.09 Å². The third-order valence-corrected chi connectivity index (χ3v) is 1.30. The number of anilines is 1. The molecule has 11 heavy (non-hydrogen) atoms. The predicted molar refractivity (Wildman–Crippen MR) is 37.7 cm³/mol. The average Bonchev–Trinajstić information content (AvgIpc) is 1.85. The van der Waals surface area contributed by atoms with Crippen molar-refractivity contribution in [3.63, 3.8) is 0 Å². The normalized spacial score (nSPS) is 11.1. The van der Waals surface area contributed by atoms with Gasteiger partial charge in [0.25, 0.3) is 0 Å². The van der Waals surface area contributed by atoms with Gasteiger partial charge in [-0.1, -0.05) is 0 Å². The predicted octanol–water partition coefficient (Wildman–Crippen LogP) is -0.0188. The van der Waals surface area contributed by atoms with Crippen LogP contribution in [0.15, 0.2) is 18.5 Å². The molecule has 0 unspecified atom stereocenters. The third-order valence-electron chi connectivity index (χ3n) is 0.811. The van der Waals surface area contributed by atoms with Crippen molar-refractivity contribution in [3.8, 4) is 0 Å². The van der Waals surface area contributed by atoms with E-state index in [1.54, 1.807) is 6.07 Å². The Bertz CT molecular complexity index is 271. The summed E-state index contributed by atoms with van der Waals surface area (Å²) in [5, 5.41) is 1.83. The topological polar surface area (TPSA) is 95.3 Å². The van der Waals surface area contributed by atoms with Gasteiger partial charge in [0.15, 0.2) is 0 Å². The molecule has 1 rings (SSSR count). The lowest BCUT2D eigenvalue weighted by Crippen LogP contribution is -1.98. The Balaban J connectivity index is 2.74. The van der Waals surface area contributed by atoms with Crippen molar-refractivity contribution in [2.24, 2.45) is 0 Å². The molecule has 1 aromatic rings. The van der Waals surface area contributed by atoms with Gasteiger partial charge in [-0.15, -0.1) is 0 Å². The Kier molecular flexibility index (Phi) is 2.19. The monoisotopic (exact) mass is 175 g/mol. The van der Waals surface area contributed by atoms with Crippen molar-refractivity contribution < 1.29 is 14.4 Å². The molecule has 0 radical (unpaired) electrons. The van der Waals surface area contributed by atoms with Crippen molar-refractivity contribution in [1.82, 2.24) is 9.97 Å². The molecule has 0 aromatic carbocycles. The van der Waals surface area contributed by atoms with Crippen LogP contribution < -0.4 is 5.09 Å². The van der Waals surface area contributed by atoms with Crippen molar-refractivity contribution in [1.29, 1.82) is 0 Å².